The number of hydrogen-bond acceptors (Lipinski definition) is 4. The molecule has 0 radical (unpaired) electrons. The molecule has 0 unspecified atom stereocenters. The van der Waals surface area contributed by atoms with E-state index in [1.54, 1.807) is 0 Å². The lowest BCUT2D eigenvalue weighted by Gasteiger charge is -2.28. The molecule has 31 heavy (non-hydrogen) atoms. The van der Waals surface area contributed by atoms with E-state index in [2.05, 4.69) is 47.1 Å². The molecule has 0 saturated carbocycles. The smallest absolute Gasteiger partial charge is 0.410 e. The van der Waals surface area contributed by atoms with E-state index in [1.807, 2.05) is 43.9 Å². The first-order valence-corrected chi connectivity index (χ1v) is 11.0. The van der Waals surface area contributed by atoms with Gasteiger partial charge in [-0.1, -0.05) is 36.4 Å². The van der Waals surface area contributed by atoms with Crippen LogP contribution in [0.1, 0.15) is 44.7 Å². The molecule has 1 fully saturated rings. The van der Waals surface area contributed by atoms with Crippen molar-refractivity contribution in [3.63, 3.8) is 0 Å². The van der Waals surface area contributed by atoms with Crippen LogP contribution in [0.25, 0.3) is 11.0 Å². The van der Waals surface area contributed by atoms with Crippen molar-refractivity contribution in [1.29, 1.82) is 0 Å². The summed E-state index contributed by atoms with van der Waals surface area (Å²) < 4.78 is 7.83. The first-order valence-electron chi connectivity index (χ1n) is 11.0. The number of aryl methyl sites for hydroxylation is 1. The number of amides is 1. The van der Waals surface area contributed by atoms with E-state index in [0.717, 1.165) is 42.9 Å². The molecular formula is C25H32N4O2. The molecule has 1 saturated heterocycles. The largest absolute Gasteiger partial charge is 0.444 e. The number of rotatable bonds is 5. The number of imidazole rings is 1. The summed E-state index contributed by atoms with van der Waals surface area (Å²) in [6.07, 6.45) is 1.72. The topological polar surface area (TPSA) is 59.4 Å². The van der Waals surface area contributed by atoms with Crippen molar-refractivity contribution in [2.75, 3.05) is 18.4 Å². The standard InChI is InChI=1S/C25H32N4O2/c1-18-10-5-6-11-19(18)17-29-22-14-8-7-13-21(22)27-23(29)26-16-20-12-9-15-28(20)24(30)31-25(2,3)4/h5-8,10-11,13-14,20H,9,12,15-17H2,1-4H3,(H,26,27)/t20-/m0/s1. The highest BCUT2D eigenvalue weighted by Crippen LogP contribution is 2.25. The molecule has 164 valence electrons. The van der Waals surface area contributed by atoms with E-state index in [0.29, 0.717) is 6.54 Å². The van der Waals surface area contributed by atoms with E-state index in [1.165, 1.54) is 11.1 Å². The van der Waals surface area contributed by atoms with Crippen LogP contribution in [0.5, 0.6) is 0 Å². The third-order valence-corrected chi connectivity index (χ3v) is 5.75. The second-order valence-corrected chi connectivity index (χ2v) is 9.29. The van der Waals surface area contributed by atoms with Crippen LogP contribution in [0.4, 0.5) is 10.7 Å². The van der Waals surface area contributed by atoms with Gasteiger partial charge >= 0.3 is 6.09 Å². The number of aromatic nitrogens is 2. The summed E-state index contributed by atoms with van der Waals surface area (Å²) in [5.74, 6) is 0.834. The molecule has 6 nitrogen and oxygen atoms in total. The lowest BCUT2D eigenvalue weighted by Crippen LogP contribution is -2.42. The maximum absolute atomic E-state index is 12.6. The average Bonchev–Trinajstić information content (AvgIpc) is 3.32. The Morgan fingerprint density at radius 3 is 2.68 bits per heavy atom. The highest BCUT2D eigenvalue weighted by molar-refractivity contribution is 5.78. The number of hydrogen-bond donors (Lipinski definition) is 1. The first kappa shape index (κ1) is 21.2. The molecule has 2 heterocycles. The predicted octanol–water partition coefficient (Wildman–Crippen LogP) is 5.20. The van der Waals surface area contributed by atoms with Gasteiger partial charge in [-0.2, -0.15) is 0 Å². The summed E-state index contributed by atoms with van der Waals surface area (Å²) in [6.45, 7) is 9.98. The highest BCUT2D eigenvalue weighted by Gasteiger charge is 2.32. The number of nitrogens with zero attached hydrogens (tertiary/aromatic N) is 3. The Bertz CT molecular complexity index is 1070. The van der Waals surface area contributed by atoms with Crippen molar-refractivity contribution in [2.45, 2.75) is 58.7 Å². The van der Waals surface area contributed by atoms with E-state index >= 15 is 0 Å². The minimum absolute atomic E-state index is 0.0987. The molecular weight excluding hydrogens is 388 g/mol. The number of fused-ring (bicyclic) bond motifs is 1. The van der Waals surface area contributed by atoms with E-state index < -0.39 is 5.60 Å². The summed E-state index contributed by atoms with van der Waals surface area (Å²) >= 11 is 0. The van der Waals surface area contributed by atoms with Crippen LogP contribution in [0.15, 0.2) is 48.5 Å². The second-order valence-electron chi connectivity index (χ2n) is 9.29. The van der Waals surface area contributed by atoms with E-state index in [4.69, 9.17) is 9.72 Å². The Morgan fingerprint density at radius 1 is 1.16 bits per heavy atom. The minimum Gasteiger partial charge on any atom is -0.444 e. The third kappa shape index (κ3) is 4.84. The van der Waals surface area contributed by atoms with Crippen LogP contribution < -0.4 is 5.32 Å². The zero-order valence-corrected chi connectivity index (χ0v) is 18.9. The Labute approximate surface area is 184 Å². The van der Waals surface area contributed by atoms with E-state index in [-0.39, 0.29) is 12.1 Å². The van der Waals surface area contributed by atoms with Gasteiger partial charge in [-0.3, -0.25) is 0 Å². The molecule has 1 amide bonds. The Hall–Kier alpha value is -3.02. The monoisotopic (exact) mass is 420 g/mol. The van der Waals surface area contributed by atoms with Gasteiger partial charge in [-0.15, -0.1) is 0 Å². The molecule has 1 aliphatic rings. The van der Waals surface area contributed by atoms with Crippen molar-refractivity contribution in [1.82, 2.24) is 14.5 Å². The fraction of sp³-hybridized carbons (Fsp3) is 0.440. The van der Waals surface area contributed by atoms with Crippen LogP contribution >= 0.6 is 0 Å². The summed E-state index contributed by atoms with van der Waals surface area (Å²) in [6, 6.07) is 16.7. The van der Waals surface area contributed by atoms with Crippen molar-refractivity contribution in [3.05, 3.63) is 59.7 Å². The Morgan fingerprint density at radius 2 is 1.90 bits per heavy atom. The number of carbonyl (C=O) groups is 1. The number of carbonyl (C=O) groups excluding carboxylic acids is 1. The molecule has 0 bridgehead atoms. The molecule has 1 aromatic heterocycles. The fourth-order valence-corrected chi connectivity index (χ4v) is 4.15. The number of likely N-dealkylation sites (tertiary alicyclic amines) is 1. The quantitative estimate of drug-likeness (QED) is 0.616. The van der Waals surface area contributed by atoms with Crippen molar-refractivity contribution in [2.24, 2.45) is 0 Å². The van der Waals surface area contributed by atoms with Gasteiger partial charge < -0.3 is 19.5 Å². The van der Waals surface area contributed by atoms with Gasteiger partial charge in [0.2, 0.25) is 5.95 Å². The van der Waals surface area contributed by atoms with Gasteiger partial charge in [-0.05, 0) is 63.8 Å². The van der Waals surface area contributed by atoms with Crippen LogP contribution in [-0.2, 0) is 11.3 Å². The Kier molecular flexibility index (Phi) is 5.90. The van der Waals surface area contributed by atoms with Crippen molar-refractivity contribution < 1.29 is 9.53 Å². The first-order chi connectivity index (χ1) is 14.8. The van der Waals surface area contributed by atoms with Crippen molar-refractivity contribution >= 4 is 23.1 Å². The van der Waals surface area contributed by atoms with Gasteiger partial charge in [0.05, 0.1) is 23.6 Å². The average molecular weight is 421 g/mol. The molecule has 2 aromatic carbocycles. The molecule has 0 spiro atoms. The number of ether oxygens (including phenoxy) is 1. The summed E-state index contributed by atoms with van der Waals surface area (Å²) in [5.41, 5.74) is 4.11. The minimum atomic E-state index is -0.487. The van der Waals surface area contributed by atoms with Crippen LogP contribution in [0, 0.1) is 6.92 Å². The lowest BCUT2D eigenvalue weighted by molar-refractivity contribution is 0.0235. The molecule has 1 atom stereocenters. The molecule has 6 heteroatoms. The molecule has 3 aromatic rings. The molecule has 1 aliphatic heterocycles. The zero-order valence-electron chi connectivity index (χ0n) is 18.9. The molecule has 4 rings (SSSR count). The van der Waals surface area contributed by atoms with Gasteiger partial charge in [0.15, 0.2) is 0 Å². The number of para-hydroxylation sites is 2. The summed E-state index contributed by atoms with van der Waals surface area (Å²) in [5, 5.41) is 3.53. The maximum Gasteiger partial charge on any atom is 0.410 e. The Balaban J connectivity index is 1.54. The summed E-state index contributed by atoms with van der Waals surface area (Å²) in [4.78, 5) is 19.3. The normalized spacial score (nSPS) is 16.6. The zero-order chi connectivity index (χ0) is 22.0. The molecule has 0 aliphatic carbocycles. The SMILES string of the molecule is Cc1ccccc1Cn1c(NC[C@@H]2CCCN2C(=O)OC(C)(C)C)nc2ccccc21. The van der Waals surface area contributed by atoms with Gasteiger partial charge in [0, 0.05) is 13.1 Å². The molecule has 1 N–H and O–H groups in total. The number of benzene rings is 2. The number of anilines is 1. The van der Waals surface area contributed by atoms with Crippen LogP contribution in [-0.4, -0.2) is 45.3 Å². The predicted molar refractivity (Wildman–Crippen MR) is 124 cm³/mol. The number of nitrogens with one attached hydrogen (secondary N) is 1. The second kappa shape index (κ2) is 8.61. The van der Waals surface area contributed by atoms with E-state index in [9.17, 15) is 4.79 Å². The maximum atomic E-state index is 12.6. The van der Waals surface area contributed by atoms with Gasteiger partial charge in [0.1, 0.15) is 5.60 Å². The third-order valence-electron chi connectivity index (χ3n) is 5.75. The van der Waals surface area contributed by atoms with Crippen molar-refractivity contribution in [3.8, 4) is 0 Å². The van der Waals surface area contributed by atoms with Crippen LogP contribution in [0.2, 0.25) is 0 Å². The highest BCUT2D eigenvalue weighted by atomic mass is 16.6. The fourth-order valence-electron chi connectivity index (χ4n) is 4.15. The van der Waals surface area contributed by atoms with Crippen LogP contribution in [0.3, 0.4) is 0 Å². The summed E-state index contributed by atoms with van der Waals surface area (Å²) in [7, 11) is 0. The lowest BCUT2D eigenvalue weighted by atomic mass is 10.1. The van der Waals surface area contributed by atoms with Gasteiger partial charge in [-0.25, -0.2) is 9.78 Å². The van der Waals surface area contributed by atoms with Gasteiger partial charge in [0.25, 0.3) is 0 Å².